The molecule has 0 aliphatic rings. The lowest BCUT2D eigenvalue weighted by Gasteiger charge is -2.02. The number of halogens is 2. The number of hydrogen-bond acceptors (Lipinski definition) is 4. The van der Waals surface area contributed by atoms with Gasteiger partial charge in [0.1, 0.15) is 0 Å². The fourth-order valence-corrected chi connectivity index (χ4v) is 1.76. The van der Waals surface area contributed by atoms with Crippen LogP contribution in [0.3, 0.4) is 0 Å². The lowest BCUT2D eigenvalue weighted by Crippen LogP contribution is -2.06. The summed E-state index contributed by atoms with van der Waals surface area (Å²) in [5.41, 5.74) is 0.424. The zero-order valence-corrected chi connectivity index (χ0v) is 11.4. The summed E-state index contributed by atoms with van der Waals surface area (Å²) in [5.74, 6) is -0.941. The molecule has 0 aliphatic heterocycles. The predicted molar refractivity (Wildman–Crippen MR) is 71.2 cm³/mol. The van der Waals surface area contributed by atoms with Crippen LogP contribution in [-0.4, -0.2) is 27.5 Å². The first-order valence-electron chi connectivity index (χ1n) is 5.44. The molecule has 0 amide bonds. The molecule has 1 aromatic carbocycles. The third-order valence-corrected chi connectivity index (χ3v) is 3.07. The summed E-state index contributed by atoms with van der Waals surface area (Å²) >= 11 is 11.7. The van der Waals surface area contributed by atoms with E-state index < -0.39 is 5.97 Å². The topological polar surface area (TPSA) is 64.3 Å². The minimum atomic E-state index is -0.682. The number of ether oxygens (including phenoxy) is 1. The molecule has 19 heavy (non-hydrogen) atoms. The Labute approximate surface area is 119 Å². The Morgan fingerprint density at radius 1 is 1.42 bits per heavy atom. The molecule has 0 saturated heterocycles. The largest absolute Gasteiger partial charge is 0.504 e. The fourth-order valence-electron chi connectivity index (χ4n) is 1.47. The second kappa shape index (κ2) is 5.50. The van der Waals surface area contributed by atoms with E-state index in [1.807, 2.05) is 0 Å². The summed E-state index contributed by atoms with van der Waals surface area (Å²) in [6.45, 7) is 1.88. The highest BCUT2D eigenvalue weighted by molar-refractivity contribution is 6.42. The Bertz CT molecular complexity index is 625. The molecule has 1 heterocycles. The molecule has 0 atom stereocenters. The van der Waals surface area contributed by atoms with E-state index in [0.29, 0.717) is 15.7 Å². The number of aromatic nitrogens is 2. The smallest absolute Gasteiger partial charge is 0.362 e. The molecule has 0 aliphatic carbocycles. The van der Waals surface area contributed by atoms with E-state index in [1.54, 1.807) is 25.1 Å². The van der Waals surface area contributed by atoms with Gasteiger partial charge in [0.2, 0.25) is 5.69 Å². The molecule has 5 nitrogen and oxygen atoms in total. The van der Waals surface area contributed by atoms with E-state index in [4.69, 9.17) is 27.9 Å². The van der Waals surface area contributed by atoms with Crippen molar-refractivity contribution in [1.82, 2.24) is 9.78 Å². The number of esters is 1. The zero-order chi connectivity index (χ0) is 14.0. The minimum absolute atomic E-state index is 0.145. The molecule has 7 heteroatoms. The molecule has 1 aromatic heterocycles. The summed E-state index contributed by atoms with van der Waals surface area (Å²) in [5, 5.41) is 14.4. The van der Waals surface area contributed by atoms with E-state index in [2.05, 4.69) is 5.10 Å². The van der Waals surface area contributed by atoms with Crippen molar-refractivity contribution in [3.63, 3.8) is 0 Å². The number of benzene rings is 1. The van der Waals surface area contributed by atoms with Crippen LogP contribution in [0.1, 0.15) is 17.4 Å². The van der Waals surface area contributed by atoms with E-state index in [9.17, 15) is 9.90 Å². The van der Waals surface area contributed by atoms with Gasteiger partial charge < -0.3 is 9.84 Å². The van der Waals surface area contributed by atoms with Gasteiger partial charge in [0.15, 0.2) is 5.75 Å². The standard InChI is InChI=1S/C12H10Cl2N2O3/c1-2-19-12(18)11-10(17)6-16(15-11)7-3-4-8(13)9(14)5-7/h3-6,17H,2H2,1H3. The van der Waals surface area contributed by atoms with Crippen LogP contribution in [0.25, 0.3) is 5.69 Å². The third-order valence-electron chi connectivity index (χ3n) is 2.33. The van der Waals surface area contributed by atoms with Gasteiger partial charge in [0, 0.05) is 0 Å². The number of rotatable bonds is 3. The third kappa shape index (κ3) is 2.83. The summed E-state index contributed by atoms with van der Waals surface area (Å²) in [6, 6.07) is 4.84. The van der Waals surface area contributed by atoms with Crippen molar-refractivity contribution in [2.45, 2.75) is 6.92 Å². The molecule has 0 saturated carbocycles. The normalized spacial score (nSPS) is 10.5. The highest BCUT2D eigenvalue weighted by atomic mass is 35.5. The van der Waals surface area contributed by atoms with Crippen LogP contribution in [0, 0.1) is 0 Å². The highest BCUT2D eigenvalue weighted by Gasteiger charge is 2.18. The molecule has 100 valence electrons. The van der Waals surface area contributed by atoms with Crippen LogP contribution in [0.5, 0.6) is 5.75 Å². The Hall–Kier alpha value is -1.72. The van der Waals surface area contributed by atoms with Crippen LogP contribution < -0.4 is 0 Å². The van der Waals surface area contributed by atoms with E-state index in [-0.39, 0.29) is 18.1 Å². The summed E-state index contributed by atoms with van der Waals surface area (Å²) < 4.78 is 6.10. The summed E-state index contributed by atoms with van der Waals surface area (Å²) in [4.78, 5) is 11.5. The number of aromatic hydroxyl groups is 1. The van der Waals surface area contributed by atoms with Gasteiger partial charge in [0.05, 0.1) is 28.5 Å². The maximum atomic E-state index is 11.5. The Morgan fingerprint density at radius 2 is 2.16 bits per heavy atom. The van der Waals surface area contributed by atoms with Crippen molar-refractivity contribution in [2.24, 2.45) is 0 Å². The van der Waals surface area contributed by atoms with Crippen molar-refractivity contribution in [2.75, 3.05) is 6.61 Å². The van der Waals surface area contributed by atoms with Crippen LogP contribution in [0.15, 0.2) is 24.4 Å². The predicted octanol–water partition coefficient (Wildman–Crippen LogP) is 3.06. The van der Waals surface area contributed by atoms with E-state index in [1.165, 1.54) is 10.9 Å². The first kappa shape index (κ1) is 13.7. The van der Waals surface area contributed by atoms with E-state index >= 15 is 0 Å². The zero-order valence-electron chi connectivity index (χ0n) is 9.93. The molecule has 1 N–H and O–H groups in total. The van der Waals surface area contributed by atoms with Crippen molar-refractivity contribution < 1.29 is 14.6 Å². The van der Waals surface area contributed by atoms with Crippen molar-refractivity contribution in [3.8, 4) is 11.4 Å². The average Bonchev–Trinajstić information content (AvgIpc) is 2.75. The van der Waals surface area contributed by atoms with Crippen LogP contribution >= 0.6 is 23.2 Å². The molecule has 0 radical (unpaired) electrons. The van der Waals surface area contributed by atoms with Gasteiger partial charge in [-0.25, -0.2) is 9.48 Å². The maximum absolute atomic E-state index is 11.5. The van der Waals surface area contributed by atoms with Gasteiger partial charge in [0.25, 0.3) is 0 Å². The molecule has 2 rings (SSSR count). The molecular formula is C12H10Cl2N2O3. The SMILES string of the molecule is CCOC(=O)c1nn(-c2ccc(Cl)c(Cl)c2)cc1O. The number of nitrogens with zero attached hydrogens (tertiary/aromatic N) is 2. The summed E-state index contributed by atoms with van der Waals surface area (Å²) in [6.07, 6.45) is 1.30. The van der Waals surface area contributed by atoms with Crippen LogP contribution in [-0.2, 0) is 4.74 Å². The Balaban J connectivity index is 2.38. The minimum Gasteiger partial charge on any atom is -0.504 e. The number of carbonyl (C=O) groups is 1. The second-order valence-corrected chi connectivity index (χ2v) is 4.44. The number of carbonyl (C=O) groups excluding carboxylic acids is 1. The van der Waals surface area contributed by atoms with Gasteiger partial charge in [-0.2, -0.15) is 5.10 Å². The van der Waals surface area contributed by atoms with Gasteiger partial charge in [-0.15, -0.1) is 0 Å². The molecule has 0 bridgehead atoms. The lowest BCUT2D eigenvalue weighted by atomic mass is 10.3. The van der Waals surface area contributed by atoms with Crippen molar-refractivity contribution in [3.05, 3.63) is 40.1 Å². The van der Waals surface area contributed by atoms with Crippen LogP contribution in [0.4, 0.5) is 0 Å². The first-order valence-corrected chi connectivity index (χ1v) is 6.19. The molecule has 0 unspecified atom stereocenters. The summed E-state index contributed by atoms with van der Waals surface area (Å²) in [7, 11) is 0. The molecule has 0 fully saturated rings. The average molecular weight is 301 g/mol. The maximum Gasteiger partial charge on any atom is 0.362 e. The number of hydrogen-bond donors (Lipinski definition) is 1. The Morgan fingerprint density at radius 3 is 2.79 bits per heavy atom. The van der Waals surface area contributed by atoms with Crippen LogP contribution in [0.2, 0.25) is 10.0 Å². The van der Waals surface area contributed by atoms with E-state index in [0.717, 1.165) is 0 Å². The molecular weight excluding hydrogens is 291 g/mol. The van der Waals surface area contributed by atoms with Gasteiger partial charge in [-0.05, 0) is 25.1 Å². The molecule has 0 spiro atoms. The fraction of sp³-hybridized carbons (Fsp3) is 0.167. The quantitative estimate of drug-likeness (QED) is 0.885. The van der Waals surface area contributed by atoms with Gasteiger partial charge >= 0.3 is 5.97 Å². The van der Waals surface area contributed by atoms with Gasteiger partial charge in [-0.1, -0.05) is 23.2 Å². The monoisotopic (exact) mass is 300 g/mol. The molecule has 2 aromatic rings. The van der Waals surface area contributed by atoms with Gasteiger partial charge in [-0.3, -0.25) is 0 Å². The van der Waals surface area contributed by atoms with Crippen molar-refractivity contribution >= 4 is 29.2 Å². The van der Waals surface area contributed by atoms with Crippen molar-refractivity contribution in [1.29, 1.82) is 0 Å². The lowest BCUT2D eigenvalue weighted by molar-refractivity contribution is 0.0515. The Kier molecular flexibility index (Phi) is 3.97. The highest BCUT2D eigenvalue weighted by Crippen LogP contribution is 2.26. The second-order valence-electron chi connectivity index (χ2n) is 3.63. The first-order chi connectivity index (χ1) is 9.02.